The number of hydrogen-bond acceptors (Lipinski definition) is 2. The van der Waals surface area contributed by atoms with E-state index in [4.69, 9.17) is 4.74 Å². The Balaban J connectivity index is 2.10. The fourth-order valence-corrected chi connectivity index (χ4v) is 2.32. The maximum atomic E-state index is 13.0. The molecule has 0 atom stereocenters. The lowest BCUT2D eigenvalue weighted by atomic mass is 10.2. The number of para-hydroxylation sites is 2. The largest absolute Gasteiger partial charge is 0.489 e. The van der Waals surface area contributed by atoms with E-state index in [9.17, 15) is 4.39 Å². The van der Waals surface area contributed by atoms with Crippen LogP contribution in [0, 0.1) is 5.82 Å². The molecule has 106 valence electrons. The van der Waals surface area contributed by atoms with E-state index >= 15 is 0 Å². The van der Waals surface area contributed by atoms with E-state index in [1.165, 1.54) is 12.1 Å². The highest BCUT2D eigenvalue weighted by Crippen LogP contribution is 2.26. The molecule has 0 heterocycles. The van der Waals surface area contributed by atoms with Crippen LogP contribution in [0.1, 0.15) is 19.4 Å². The van der Waals surface area contributed by atoms with Gasteiger partial charge in [-0.1, -0.05) is 34.1 Å². The van der Waals surface area contributed by atoms with Gasteiger partial charge in [0.2, 0.25) is 0 Å². The van der Waals surface area contributed by atoms with Gasteiger partial charge < -0.3 is 10.1 Å². The molecule has 2 aromatic carbocycles. The average molecular weight is 338 g/mol. The number of benzene rings is 2. The van der Waals surface area contributed by atoms with Gasteiger partial charge in [-0.05, 0) is 43.7 Å². The Bertz CT molecular complexity index is 586. The smallest absolute Gasteiger partial charge is 0.142 e. The molecule has 0 spiro atoms. The van der Waals surface area contributed by atoms with Crippen molar-refractivity contribution in [2.45, 2.75) is 26.5 Å². The van der Waals surface area contributed by atoms with Crippen LogP contribution >= 0.6 is 15.9 Å². The number of ether oxygens (including phenoxy) is 1. The Hall–Kier alpha value is -1.55. The minimum absolute atomic E-state index is 0.121. The fraction of sp³-hybridized carbons (Fsp3) is 0.250. The van der Waals surface area contributed by atoms with Crippen LogP contribution in [-0.4, -0.2) is 6.10 Å². The molecule has 0 bridgehead atoms. The SMILES string of the molecule is CC(C)Oc1ccccc1NCc1ccc(F)cc1Br. The second kappa shape index (κ2) is 6.75. The quantitative estimate of drug-likeness (QED) is 0.829. The number of nitrogens with one attached hydrogen (secondary N) is 1. The lowest BCUT2D eigenvalue weighted by Gasteiger charge is -2.15. The third kappa shape index (κ3) is 3.97. The minimum Gasteiger partial charge on any atom is -0.489 e. The molecular formula is C16H17BrFNO. The van der Waals surface area contributed by atoms with Crippen LogP contribution in [0.2, 0.25) is 0 Å². The average Bonchev–Trinajstić information content (AvgIpc) is 2.39. The van der Waals surface area contributed by atoms with Gasteiger partial charge in [0.25, 0.3) is 0 Å². The summed E-state index contributed by atoms with van der Waals surface area (Å²) in [5.41, 5.74) is 1.92. The lowest BCUT2D eigenvalue weighted by molar-refractivity contribution is 0.243. The summed E-state index contributed by atoms with van der Waals surface area (Å²) in [4.78, 5) is 0. The van der Waals surface area contributed by atoms with E-state index in [2.05, 4.69) is 21.2 Å². The zero-order valence-corrected chi connectivity index (χ0v) is 13.1. The highest BCUT2D eigenvalue weighted by molar-refractivity contribution is 9.10. The zero-order valence-electron chi connectivity index (χ0n) is 11.5. The topological polar surface area (TPSA) is 21.3 Å². The maximum Gasteiger partial charge on any atom is 0.142 e. The molecule has 0 saturated heterocycles. The first-order valence-electron chi connectivity index (χ1n) is 6.49. The Morgan fingerprint density at radius 3 is 2.65 bits per heavy atom. The summed E-state index contributed by atoms with van der Waals surface area (Å²) in [5.74, 6) is 0.574. The Morgan fingerprint density at radius 1 is 1.20 bits per heavy atom. The highest BCUT2D eigenvalue weighted by atomic mass is 79.9. The molecule has 0 saturated carbocycles. The standard InChI is InChI=1S/C16H17BrFNO/c1-11(2)20-16-6-4-3-5-15(16)19-10-12-7-8-13(18)9-14(12)17/h3-9,11,19H,10H2,1-2H3. The zero-order chi connectivity index (χ0) is 14.5. The van der Waals surface area contributed by atoms with Crippen LogP contribution in [0.5, 0.6) is 5.75 Å². The Labute approximate surface area is 127 Å². The van der Waals surface area contributed by atoms with E-state index in [1.54, 1.807) is 6.07 Å². The van der Waals surface area contributed by atoms with Gasteiger partial charge >= 0.3 is 0 Å². The van der Waals surface area contributed by atoms with Crippen LogP contribution in [0.3, 0.4) is 0 Å². The summed E-state index contributed by atoms with van der Waals surface area (Å²) in [5, 5.41) is 3.32. The van der Waals surface area contributed by atoms with Crippen molar-refractivity contribution < 1.29 is 9.13 Å². The number of anilines is 1. The molecule has 0 aliphatic heterocycles. The van der Waals surface area contributed by atoms with Gasteiger partial charge in [0.15, 0.2) is 0 Å². The monoisotopic (exact) mass is 337 g/mol. The van der Waals surface area contributed by atoms with Crippen LogP contribution in [-0.2, 0) is 6.54 Å². The van der Waals surface area contributed by atoms with E-state index in [0.29, 0.717) is 6.54 Å². The molecule has 2 rings (SSSR count). The number of hydrogen-bond donors (Lipinski definition) is 1. The molecule has 0 radical (unpaired) electrons. The predicted octanol–water partition coefficient (Wildman–Crippen LogP) is 4.99. The molecule has 2 aromatic rings. The van der Waals surface area contributed by atoms with Crippen LogP contribution in [0.15, 0.2) is 46.9 Å². The van der Waals surface area contributed by atoms with Gasteiger partial charge in [-0.15, -0.1) is 0 Å². The molecule has 20 heavy (non-hydrogen) atoms. The van der Waals surface area contributed by atoms with Crippen molar-refractivity contribution in [2.75, 3.05) is 5.32 Å². The number of rotatable bonds is 5. The summed E-state index contributed by atoms with van der Waals surface area (Å²) in [6, 6.07) is 12.5. The summed E-state index contributed by atoms with van der Waals surface area (Å²) < 4.78 is 19.6. The van der Waals surface area contributed by atoms with Gasteiger partial charge in [-0.2, -0.15) is 0 Å². The molecular weight excluding hydrogens is 321 g/mol. The second-order valence-electron chi connectivity index (χ2n) is 4.75. The summed E-state index contributed by atoms with van der Waals surface area (Å²) in [7, 11) is 0. The third-order valence-corrected chi connectivity index (χ3v) is 3.47. The first-order valence-corrected chi connectivity index (χ1v) is 7.29. The van der Waals surface area contributed by atoms with Gasteiger partial charge in [0.05, 0.1) is 11.8 Å². The van der Waals surface area contributed by atoms with Crippen LogP contribution < -0.4 is 10.1 Å². The van der Waals surface area contributed by atoms with Crippen molar-refractivity contribution in [1.29, 1.82) is 0 Å². The molecule has 0 aliphatic carbocycles. The minimum atomic E-state index is -0.246. The molecule has 0 amide bonds. The van der Waals surface area contributed by atoms with Crippen LogP contribution in [0.25, 0.3) is 0 Å². The van der Waals surface area contributed by atoms with E-state index in [1.807, 2.05) is 38.1 Å². The van der Waals surface area contributed by atoms with E-state index in [0.717, 1.165) is 21.5 Å². The second-order valence-corrected chi connectivity index (χ2v) is 5.61. The van der Waals surface area contributed by atoms with E-state index in [-0.39, 0.29) is 11.9 Å². The summed E-state index contributed by atoms with van der Waals surface area (Å²) in [6.07, 6.45) is 0.121. The maximum absolute atomic E-state index is 13.0. The molecule has 1 N–H and O–H groups in total. The normalized spacial score (nSPS) is 10.7. The van der Waals surface area contributed by atoms with Gasteiger partial charge in [0.1, 0.15) is 11.6 Å². The fourth-order valence-electron chi connectivity index (χ4n) is 1.82. The molecule has 0 unspecified atom stereocenters. The first-order chi connectivity index (χ1) is 9.56. The van der Waals surface area contributed by atoms with Crippen LogP contribution in [0.4, 0.5) is 10.1 Å². The van der Waals surface area contributed by atoms with Crippen molar-refractivity contribution in [2.24, 2.45) is 0 Å². The van der Waals surface area contributed by atoms with Crippen molar-refractivity contribution in [3.8, 4) is 5.75 Å². The molecule has 0 aliphatic rings. The van der Waals surface area contributed by atoms with Gasteiger partial charge in [-0.3, -0.25) is 0 Å². The molecule has 0 fully saturated rings. The lowest BCUT2D eigenvalue weighted by Crippen LogP contribution is -2.08. The summed E-state index contributed by atoms with van der Waals surface area (Å²) >= 11 is 3.37. The van der Waals surface area contributed by atoms with Crippen molar-refractivity contribution in [3.05, 3.63) is 58.3 Å². The van der Waals surface area contributed by atoms with Crippen molar-refractivity contribution >= 4 is 21.6 Å². The highest BCUT2D eigenvalue weighted by Gasteiger charge is 2.06. The molecule has 2 nitrogen and oxygen atoms in total. The predicted molar refractivity (Wildman–Crippen MR) is 83.6 cm³/mol. The molecule has 4 heteroatoms. The van der Waals surface area contributed by atoms with Gasteiger partial charge in [0, 0.05) is 11.0 Å². The Kier molecular flexibility index (Phi) is 5.01. The number of halogens is 2. The molecule has 0 aromatic heterocycles. The van der Waals surface area contributed by atoms with Crippen molar-refractivity contribution in [1.82, 2.24) is 0 Å². The van der Waals surface area contributed by atoms with Crippen molar-refractivity contribution in [3.63, 3.8) is 0 Å². The first kappa shape index (κ1) is 14.9. The van der Waals surface area contributed by atoms with Gasteiger partial charge in [-0.25, -0.2) is 4.39 Å². The Morgan fingerprint density at radius 2 is 1.95 bits per heavy atom. The van der Waals surface area contributed by atoms with E-state index < -0.39 is 0 Å². The third-order valence-electron chi connectivity index (χ3n) is 2.73. The summed E-state index contributed by atoms with van der Waals surface area (Å²) in [6.45, 7) is 4.58.